The van der Waals surface area contributed by atoms with E-state index >= 15 is 0 Å². The summed E-state index contributed by atoms with van der Waals surface area (Å²) in [6.07, 6.45) is 3.75. The summed E-state index contributed by atoms with van der Waals surface area (Å²) in [6.45, 7) is 4.13. The number of hydrogen-bond acceptors (Lipinski definition) is 4. The molecule has 0 saturated carbocycles. The maximum absolute atomic E-state index is 12.7. The van der Waals surface area contributed by atoms with Crippen molar-refractivity contribution < 1.29 is 9.21 Å². The fraction of sp³-hybridized carbons (Fsp3) is 0.444. The highest BCUT2D eigenvalue weighted by Gasteiger charge is 2.28. The van der Waals surface area contributed by atoms with Crippen LogP contribution < -0.4 is 4.90 Å². The molecule has 3 heterocycles. The Morgan fingerprint density at radius 3 is 2.96 bits per heavy atom. The van der Waals surface area contributed by atoms with Crippen molar-refractivity contribution in [1.29, 1.82) is 0 Å². The lowest BCUT2D eigenvalue weighted by atomic mass is 9.96. The molecule has 0 spiro atoms. The highest BCUT2D eigenvalue weighted by molar-refractivity contribution is 5.79. The van der Waals surface area contributed by atoms with Gasteiger partial charge in [0.05, 0.1) is 12.5 Å². The van der Waals surface area contributed by atoms with Crippen molar-refractivity contribution in [2.45, 2.75) is 26.3 Å². The molecule has 3 rings (SSSR count). The van der Waals surface area contributed by atoms with Crippen LogP contribution in [0.15, 0.2) is 40.9 Å². The molecule has 1 atom stereocenters. The maximum atomic E-state index is 12.7. The molecule has 0 aromatic carbocycles. The molecule has 5 heteroatoms. The SMILES string of the molecule is Cc1ccc(CN(C)C(=O)[C@H]2CCCN(c3ccccn3)C2)o1. The zero-order chi connectivity index (χ0) is 16.2. The number of nitrogens with zero attached hydrogens (tertiary/aromatic N) is 3. The number of pyridine rings is 1. The van der Waals surface area contributed by atoms with Crippen molar-refractivity contribution in [3.8, 4) is 0 Å². The van der Waals surface area contributed by atoms with E-state index in [9.17, 15) is 4.79 Å². The van der Waals surface area contributed by atoms with Gasteiger partial charge >= 0.3 is 0 Å². The summed E-state index contributed by atoms with van der Waals surface area (Å²) < 4.78 is 5.57. The lowest BCUT2D eigenvalue weighted by Crippen LogP contribution is -2.43. The van der Waals surface area contributed by atoms with E-state index < -0.39 is 0 Å². The number of aromatic nitrogens is 1. The van der Waals surface area contributed by atoms with Crippen molar-refractivity contribution >= 4 is 11.7 Å². The summed E-state index contributed by atoms with van der Waals surface area (Å²) in [6, 6.07) is 9.76. The Balaban J connectivity index is 1.62. The molecule has 2 aromatic heterocycles. The molecule has 122 valence electrons. The number of piperidine rings is 1. The molecule has 0 bridgehead atoms. The minimum Gasteiger partial charge on any atom is -0.464 e. The van der Waals surface area contributed by atoms with Gasteiger partial charge in [0.2, 0.25) is 5.91 Å². The molecule has 2 aromatic rings. The van der Waals surface area contributed by atoms with Gasteiger partial charge in [-0.05, 0) is 44.0 Å². The zero-order valence-electron chi connectivity index (χ0n) is 13.7. The Labute approximate surface area is 136 Å². The molecule has 0 unspecified atom stereocenters. The molecule has 1 aliphatic rings. The van der Waals surface area contributed by atoms with E-state index in [0.717, 1.165) is 43.3 Å². The van der Waals surface area contributed by atoms with Crippen LogP contribution in [-0.4, -0.2) is 35.9 Å². The van der Waals surface area contributed by atoms with Crippen LogP contribution in [0.5, 0.6) is 0 Å². The Morgan fingerprint density at radius 2 is 2.26 bits per heavy atom. The van der Waals surface area contributed by atoms with Crippen LogP contribution in [-0.2, 0) is 11.3 Å². The predicted octanol–water partition coefficient (Wildman–Crippen LogP) is 2.86. The van der Waals surface area contributed by atoms with Gasteiger partial charge in [0.25, 0.3) is 0 Å². The molecule has 1 saturated heterocycles. The summed E-state index contributed by atoms with van der Waals surface area (Å²) in [5.74, 6) is 2.86. The lowest BCUT2D eigenvalue weighted by molar-refractivity contribution is -0.135. The van der Waals surface area contributed by atoms with Crippen molar-refractivity contribution in [2.24, 2.45) is 5.92 Å². The largest absolute Gasteiger partial charge is 0.464 e. The first kappa shape index (κ1) is 15.6. The molecule has 23 heavy (non-hydrogen) atoms. The normalized spacial score (nSPS) is 18.0. The topological polar surface area (TPSA) is 49.6 Å². The Kier molecular flexibility index (Phi) is 4.65. The quantitative estimate of drug-likeness (QED) is 0.871. The summed E-state index contributed by atoms with van der Waals surface area (Å²) in [7, 11) is 1.85. The van der Waals surface area contributed by atoms with Crippen LogP contribution in [0.25, 0.3) is 0 Å². The number of aryl methyl sites for hydroxylation is 1. The fourth-order valence-electron chi connectivity index (χ4n) is 3.12. The fourth-order valence-corrected chi connectivity index (χ4v) is 3.12. The molecular weight excluding hydrogens is 290 g/mol. The van der Waals surface area contributed by atoms with Crippen LogP contribution in [0.1, 0.15) is 24.4 Å². The molecular formula is C18H23N3O2. The summed E-state index contributed by atoms with van der Waals surface area (Å²) in [5, 5.41) is 0. The molecule has 1 amide bonds. The van der Waals surface area contributed by atoms with Crippen LogP contribution in [0, 0.1) is 12.8 Å². The molecule has 0 N–H and O–H groups in total. The number of carbonyl (C=O) groups excluding carboxylic acids is 1. The van der Waals surface area contributed by atoms with Gasteiger partial charge in [-0.15, -0.1) is 0 Å². The number of furan rings is 1. The predicted molar refractivity (Wildman–Crippen MR) is 89.1 cm³/mol. The Hall–Kier alpha value is -2.30. The van der Waals surface area contributed by atoms with Crippen molar-refractivity contribution in [3.05, 3.63) is 48.0 Å². The molecule has 5 nitrogen and oxygen atoms in total. The van der Waals surface area contributed by atoms with Gasteiger partial charge in [0, 0.05) is 26.3 Å². The van der Waals surface area contributed by atoms with E-state index in [1.807, 2.05) is 44.3 Å². The molecule has 1 aliphatic heterocycles. The first-order valence-corrected chi connectivity index (χ1v) is 8.10. The van der Waals surface area contributed by atoms with E-state index in [0.29, 0.717) is 6.54 Å². The maximum Gasteiger partial charge on any atom is 0.227 e. The third-order valence-electron chi connectivity index (χ3n) is 4.31. The van der Waals surface area contributed by atoms with Crippen molar-refractivity contribution in [3.63, 3.8) is 0 Å². The summed E-state index contributed by atoms with van der Waals surface area (Å²) in [4.78, 5) is 21.1. The lowest BCUT2D eigenvalue weighted by Gasteiger charge is -2.34. The monoisotopic (exact) mass is 313 g/mol. The Morgan fingerprint density at radius 1 is 1.39 bits per heavy atom. The summed E-state index contributed by atoms with van der Waals surface area (Å²) >= 11 is 0. The second kappa shape index (κ2) is 6.86. The average Bonchev–Trinajstić information content (AvgIpc) is 3.00. The van der Waals surface area contributed by atoms with Gasteiger partial charge in [-0.1, -0.05) is 6.07 Å². The standard InChI is InChI=1S/C18H23N3O2/c1-14-8-9-16(23-14)13-20(2)18(22)15-6-5-11-21(12-15)17-7-3-4-10-19-17/h3-4,7-10,15H,5-6,11-13H2,1-2H3/t15-/m0/s1. The Bertz CT molecular complexity index is 653. The minimum absolute atomic E-state index is 0.0202. The van der Waals surface area contributed by atoms with Gasteiger partial charge in [0.15, 0.2) is 0 Å². The van der Waals surface area contributed by atoms with E-state index in [1.165, 1.54) is 0 Å². The van der Waals surface area contributed by atoms with Crippen LogP contribution in [0.2, 0.25) is 0 Å². The zero-order valence-corrected chi connectivity index (χ0v) is 13.7. The van der Waals surface area contributed by atoms with Gasteiger partial charge in [-0.25, -0.2) is 4.98 Å². The van der Waals surface area contributed by atoms with E-state index in [-0.39, 0.29) is 11.8 Å². The second-order valence-electron chi connectivity index (χ2n) is 6.18. The highest BCUT2D eigenvalue weighted by atomic mass is 16.3. The van der Waals surface area contributed by atoms with Gasteiger partial charge < -0.3 is 14.2 Å². The van der Waals surface area contributed by atoms with E-state index in [4.69, 9.17) is 4.42 Å². The number of amides is 1. The van der Waals surface area contributed by atoms with E-state index in [2.05, 4.69) is 9.88 Å². The van der Waals surface area contributed by atoms with Gasteiger partial charge in [0.1, 0.15) is 17.3 Å². The minimum atomic E-state index is 0.0202. The number of carbonyl (C=O) groups is 1. The molecule has 1 fully saturated rings. The molecule has 0 aliphatic carbocycles. The second-order valence-corrected chi connectivity index (χ2v) is 6.18. The number of rotatable bonds is 4. The number of hydrogen-bond donors (Lipinski definition) is 0. The summed E-state index contributed by atoms with van der Waals surface area (Å²) in [5.41, 5.74) is 0. The van der Waals surface area contributed by atoms with Crippen molar-refractivity contribution in [2.75, 3.05) is 25.0 Å². The number of anilines is 1. The van der Waals surface area contributed by atoms with Crippen LogP contribution >= 0.6 is 0 Å². The van der Waals surface area contributed by atoms with Crippen molar-refractivity contribution in [1.82, 2.24) is 9.88 Å². The first-order chi connectivity index (χ1) is 11.1. The first-order valence-electron chi connectivity index (χ1n) is 8.10. The highest BCUT2D eigenvalue weighted by Crippen LogP contribution is 2.23. The third-order valence-corrected chi connectivity index (χ3v) is 4.31. The molecule has 0 radical (unpaired) electrons. The third kappa shape index (κ3) is 3.73. The average molecular weight is 313 g/mol. The van der Waals surface area contributed by atoms with E-state index in [1.54, 1.807) is 11.1 Å². The van der Waals surface area contributed by atoms with Gasteiger partial charge in [-0.2, -0.15) is 0 Å². The smallest absolute Gasteiger partial charge is 0.227 e. The van der Waals surface area contributed by atoms with Crippen LogP contribution in [0.4, 0.5) is 5.82 Å². The van der Waals surface area contributed by atoms with Crippen LogP contribution in [0.3, 0.4) is 0 Å². The van der Waals surface area contributed by atoms with Gasteiger partial charge in [-0.3, -0.25) is 4.79 Å².